The summed E-state index contributed by atoms with van der Waals surface area (Å²) < 4.78 is 0. The number of para-hydroxylation sites is 1. The molecule has 0 atom stereocenters. The van der Waals surface area contributed by atoms with E-state index in [4.69, 9.17) is 23.1 Å². The van der Waals surface area contributed by atoms with Crippen molar-refractivity contribution < 1.29 is 4.92 Å². The Balaban J connectivity index is 2.21. The van der Waals surface area contributed by atoms with Gasteiger partial charge in [0.05, 0.1) is 9.95 Å². The maximum atomic E-state index is 11.4. The van der Waals surface area contributed by atoms with E-state index in [0.29, 0.717) is 12.8 Å². The van der Waals surface area contributed by atoms with E-state index in [1.165, 1.54) is 12.1 Å². The first-order valence-corrected chi connectivity index (χ1v) is 7.75. The number of halogens is 1. The number of nitrogens with zero attached hydrogens (tertiary/aromatic N) is 4. The van der Waals surface area contributed by atoms with Gasteiger partial charge in [0.25, 0.3) is 5.69 Å². The molecule has 1 aromatic carbocycles. The van der Waals surface area contributed by atoms with Gasteiger partial charge in [0, 0.05) is 6.07 Å². The molecule has 122 valence electrons. The molecular weight excluding hydrogens is 320 g/mol. The van der Waals surface area contributed by atoms with Gasteiger partial charge in [-0.3, -0.25) is 15.0 Å². The predicted molar refractivity (Wildman–Crippen MR) is 89.6 cm³/mol. The summed E-state index contributed by atoms with van der Waals surface area (Å²) in [6.45, 7) is 0. The number of nitro benzene ring substituents is 1. The van der Waals surface area contributed by atoms with Crippen LogP contribution >= 0.6 is 11.6 Å². The van der Waals surface area contributed by atoms with Crippen LogP contribution in [0.4, 0.5) is 11.4 Å². The Morgan fingerprint density at radius 2 is 1.96 bits per heavy atom. The van der Waals surface area contributed by atoms with Crippen LogP contribution in [0, 0.1) is 10.1 Å². The van der Waals surface area contributed by atoms with Crippen LogP contribution in [-0.2, 0) is 0 Å². The maximum absolute atomic E-state index is 11.4. The van der Waals surface area contributed by atoms with Gasteiger partial charge in [0.1, 0.15) is 11.4 Å². The quantitative estimate of drug-likeness (QED) is 0.633. The fraction of sp³-hybridized carbons (Fsp3) is 0.429. The van der Waals surface area contributed by atoms with Crippen molar-refractivity contribution in [1.29, 1.82) is 0 Å². The van der Waals surface area contributed by atoms with Crippen molar-refractivity contribution in [2.75, 3.05) is 4.90 Å². The number of aliphatic imine (C=N–C) groups is 2. The van der Waals surface area contributed by atoms with E-state index in [1.807, 2.05) is 0 Å². The van der Waals surface area contributed by atoms with E-state index in [0.717, 1.165) is 19.3 Å². The standard InChI is InChI=1S/C14H17ClN6O2/c15-9-5-4-6-10(21(22)23)11(9)20-13(17)18-12(16)19-14(20)7-2-1-3-8-14/h4-6H,1-3,7-8H2,(H4,16,17,18,19). The largest absolute Gasteiger partial charge is 0.369 e. The number of nitrogens with two attached hydrogens (primary N) is 2. The van der Waals surface area contributed by atoms with E-state index in [-0.39, 0.29) is 28.3 Å². The fourth-order valence-electron chi connectivity index (χ4n) is 3.32. The molecule has 2 aliphatic rings. The lowest BCUT2D eigenvalue weighted by atomic mass is 9.87. The first kappa shape index (κ1) is 15.5. The minimum Gasteiger partial charge on any atom is -0.369 e. The van der Waals surface area contributed by atoms with Crippen LogP contribution < -0.4 is 16.4 Å². The van der Waals surface area contributed by atoms with Gasteiger partial charge in [-0.15, -0.1) is 0 Å². The maximum Gasteiger partial charge on any atom is 0.294 e. The lowest BCUT2D eigenvalue weighted by molar-refractivity contribution is -0.384. The van der Waals surface area contributed by atoms with Gasteiger partial charge in [0.2, 0.25) is 11.9 Å². The molecule has 0 aromatic heterocycles. The molecule has 0 amide bonds. The molecule has 1 aliphatic carbocycles. The Kier molecular flexibility index (Phi) is 3.85. The van der Waals surface area contributed by atoms with E-state index in [2.05, 4.69) is 9.98 Å². The van der Waals surface area contributed by atoms with Crippen molar-refractivity contribution in [3.63, 3.8) is 0 Å². The van der Waals surface area contributed by atoms with Gasteiger partial charge < -0.3 is 11.5 Å². The molecule has 3 rings (SSSR count). The first-order chi connectivity index (χ1) is 10.9. The molecule has 1 aromatic rings. The second-order valence-electron chi connectivity index (χ2n) is 5.68. The topological polar surface area (TPSA) is 123 Å². The van der Waals surface area contributed by atoms with Gasteiger partial charge in [-0.1, -0.05) is 24.1 Å². The van der Waals surface area contributed by atoms with Crippen LogP contribution in [0.25, 0.3) is 0 Å². The number of anilines is 1. The minimum absolute atomic E-state index is 0.0793. The Bertz CT molecular complexity index is 711. The molecule has 1 fully saturated rings. The summed E-state index contributed by atoms with van der Waals surface area (Å²) in [6, 6.07) is 4.52. The van der Waals surface area contributed by atoms with Crippen molar-refractivity contribution >= 4 is 34.9 Å². The van der Waals surface area contributed by atoms with Gasteiger partial charge >= 0.3 is 0 Å². The third-order valence-corrected chi connectivity index (χ3v) is 4.54. The summed E-state index contributed by atoms with van der Waals surface area (Å²) in [6.07, 6.45) is 4.31. The Morgan fingerprint density at radius 1 is 1.26 bits per heavy atom. The Hall–Kier alpha value is -2.35. The van der Waals surface area contributed by atoms with Crippen LogP contribution in [0.15, 0.2) is 28.2 Å². The van der Waals surface area contributed by atoms with Crippen LogP contribution in [0.5, 0.6) is 0 Å². The molecule has 1 spiro atoms. The highest BCUT2D eigenvalue weighted by Gasteiger charge is 2.45. The van der Waals surface area contributed by atoms with Crippen molar-refractivity contribution in [2.24, 2.45) is 21.5 Å². The molecule has 1 heterocycles. The number of hydrogen-bond acceptors (Lipinski definition) is 7. The van der Waals surface area contributed by atoms with Gasteiger partial charge in [-0.2, -0.15) is 4.99 Å². The van der Waals surface area contributed by atoms with E-state index in [9.17, 15) is 10.1 Å². The second kappa shape index (κ2) is 5.69. The summed E-state index contributed by atoms with van der Waals surface area (Å²) in [7, 11) is 0. The van der Waals surface area contributed by atoms with Crippen LogP contribution in [0.3, 0.4) is 0 Å². The summed E-state index contributed by atoms with van der Waals surface area (Å²) in [5.74, 6) is 0.172. The summed E-state index contributed by atoms with van der Waals surface area (Å²) in [4.78, 5) is 21.0. The molecule has 0 bridgehead atoms. The van der Waals surface area contributed by atoms with E-state index >= 15 is 0 Å². The van der Waals surface area contributed by atoms with Crippen molar-refractivity contribution in [2.45, 2.75) is 37.8 Å². The van der Waals surface area contributed by atoms with Crippen LogP contribution in [0.2, 0.25) is 5.02 Å². The first-order valence-electron chi connectivity index (χ1n) is 7.37. The minimum atomic E-state index is -0.760. The van der Waals surface area contributed by atoms with Gasteiger partial charge in [-0.05, 0) is 31.7 Å². The van der Waals surface area contributed by atoms with Crippen molar-refractivity contribution in [1.82, 2.24) is 0 Å². The summed E-state index contributed by atoms with van der Waals surface area (Å²) in [5.41, 5.74) is 11.2. The van der Waals surface area contributed by atoms with Gasteiger partial charge in [-0.25, -0.2) is 4.99 Å². The van der Waals surface area contributed by atoms with E-state index < -0.39 is 10.6 Å². The number of guanidine groups is 2. The van der Waals surface area contributed by atoms with Crippen LogP contribution in [-0.4, -0.2) is 22.5 Å². The molecule has 0 unspecified atom stereocenters. The molecule has 1 saturated carbocycles. The molecule has 4 N–H and O–H groups in total. The summed E-state index contributed by atoms with van der Waals surface area (Å²) in [5, 5.41) is 11.7. The lowest BCUT2D eigenvalue weighted by Crippen LogP contribution is -2.58. The van der Waals surface area contributed by atoms with Crippen LogP contribution in [0.1, 0.15) is 32.1 Å². The molecular formula is C14H17ClN6O2. The molecule has 23 heavy (non-hydrogen) atoms. The van der Waals surface area contributed by atoms with Crippen molar-refractivity contribution in [3.05, 3.63) is 33.3 Å². The number of benzene rings is 1. The average molecular weight is 337 g/mol. The Morgan fingerprint density at radius 3 is 2.61 bits per heavy atom. The van der Waals surface area contributed by atoms with E-state index in [1.54, 1.807) is 11.0 Å². The monoisotopic (exact) mass is 336 g/mol. The smallest absolute Gasteiger partial charge is 0.294 e. The number of nitro groups is 1. The zero-order valence-electron chi connectivity index (χ0n) is 12.4. The third kappa shape index (κ3) is 2.59. The zero-order valence-corrected chi connectivity index (χ0v) is 13.2. The second-order valence-corrected chi connectivity index (χ2v) is 6.09. The van der Waals surface area contributed by atoms with Gasteiger partial charge in [0.15, 0.2) is 0 Å². The zero-order chi connectivity index (χ0) is 16.6. The highest BCUT2D eigenvalue weighted by molar-refractivity contribution is 6.34. The fourth-order valence-corrected chi connectivity index (χ4v) is 3.57. The third-order valence-electron chi connectivity index (χ3n) is 4.24. The highest BCUT2D eigenvalue weighted by Crippen LogP contribution is 2.45. The molecule has 8 nitrogen and oxygen atoms in total. The average Bonchev–Trinajstić information content (AvgIpc) is 2.48. The molecule has 0 radical (unpaired) electrons. The molecule has 0 saturated heterocycles. The highest BCUT2D eigenvalue weighted by atomic mass is 35.5. The summed E-state index contributed by atoms with van der Waals surface area (Å²) >= 11 is 6.27. The number of rotatable bonds is 2. The SMILES string of the molecule is NC1=NC2(CCCCC2)N(c2c(Cl)cccc2[N+](=O)[O-])C(N)=N1. The molecule has 9 heteroatoms. The van der Waals surface area contributed by atoms with Crippen molar-refractivity contribution in [3.8, 4) is 0 Å². The Labute approximate surface area is 138 Å². The normalized spacial score (nSPS) is 20.1. The lowest BCUT2D eigenvalue weighted by Gasteiger charge is -2.45. The predicted octanol–water partition coefficient (Wildman–Crippen LogP) is 2.36. The molecule has 1 aliphatic heterocycles. The number of hydrogen-bond donors (Lipinski definition) is 2.